The summed E-state index contributed by atoms with van der Waals surface area (Å²) in [5.41, 5.74) is 1.39. The predicted molar refractivity (Wildman–Crippen MR) is 101 cm³/mol. The Bertz CT molecular complexity index is 928. The van der Waals surface area contributed by atoms with E-state index in [9.17, 15) is 9.59 Å². The summed E-state index contributed by atoms with van der Waals surface area (Å²) >= 11 is 0. The third-order valence-electron chi connectivity index (χ3n) is 4.81. The lowest BCUT2D eigenvalue weighted by Crippen LogP contribution is -2.46. The zero-order valence-corrected chi connectivity index (χ0v) is 15.3. The van der Waals surface area contributed by atoms with Gasteiger partial charge in [-0.15, -0.1) is 5.10 Å². The number of hydrogen-bond acceptors (Lipinski definition) is 5. The average Bonchev–Trinajstić information content (AvgIpc) is 3.41. The summed E-state index contributed by atoms with van der Waals surface area (Å²) in [4.78, 5) is 26.5. The molecule has 3 aromatic rings. The highest BCUT2D eigenvalue weighted by Gasteiger charge is 2.26. The summed E-state index contributed by atoms with van der Waals surface area (Å²) in [6, 6.07) is 13.2. The lowest BCUT2D eigenvalue weighted by atomic mass is 10.0. The Morgan fingerprint density at radius 3 is 2.61 bits per heavy atom. The van der Waals surface area contributed by atoms with Crippen LogP contribution in [-0.4, -0.2) is 50.8 Å². The lowest BCUT2D eigenvalue weighted by molar-refractivity contribution is 0.0667. The van der Waals surface area contributed by atoms with Gasteiger partial charge >= 0.3 is 0 Å². The van der Waals surface area contributed by atoms with E-state index in [4.69, 9.17) is 4.42 Å². The first kappa shape index (κ1) is 18.0. The number of piperidine rings is 1. The SMILES string of the molecule is O=C(NC1CCN(C(=O)c2ccco2)CC1)c1cn(Cc2ccccc2)nn1. The van der Waals surface area contributed by atoms with E-state index in [0.29, 0.717) is 43.9 Å². The molecule has 144 valence electrons. The number of benzene rings is 1. The number of aromatic nitrogens is 3. The summed E-state index contributed by atoms with van der Waals surface area (Å²) in [5, 5.41) is 11.0. The van der Waals surface area contributed by atoms with Gasteiger partial charge in [-0.05, 0) is 30.5 Å². The molecule has 2 amide bonds. The first-order valence-electron chi connectivity index (χ1n) is 9.27. The molecule has 1 fully saturated rings. The topological polar surface area (TPSA) is 93.3 Å². The van der Waals surface area contributed by atoms with Crippen molar-refractivity contribution in [2.75, 3.05) is 13.1 Å². The van der Waals surface area contributed by atoms with E-state index in [1.54, 1.807) is 27.9 Å². The summed E-state index contributed by atoms with van der Waals surface area (Å²) in [6.07, 6.45) is 4.52. The highest BCUT2D eigenvalue weighted by Crippen LogP contribution is 2.15. The quantitative estimate of drug-likeness (QED) is 0.731. The van der Waals surface area contributed by atoms with Crippen molar-refractivity contribution in [2.45, 2.75) is 25.4 Å². The van der Waals surface area contributed by atoms with Crippen LogP contribution in [0, 0.1) is 0 Å². The number of amides is 2. The fraction of sp³-hybridized carbons (Fsp3) is 0.300. The molecule has 0 unspecified atom stereocenters. The van der Waals surface area contributed by atoms with Crippen LogP contribution in [0.4, 0.5) is 0 Å². The number of nitrogens with zero attached hydrogens (tertiary/aromatic N) is 4. The lowest BCUT2D eigenvalue weighted by Gasteiger charge is -2.31. The van der Waals surface area contributed by atoms with E-state index >= 15 is 0 Å². The monoisotopic (exact) mass is 379 g/mol. The predicted octanol–water partition coefficient (Wildman–Crippen LogP) is 1.95. The van der Waals surface area contributed by atoms with Crippen LogP contribution in [0.1, 0.15) is 39.4 Å². The molecule has 0 atom stereocenters. The largest absolute Gasteiger partial charge is 0.459 e. The van der Waals surface area contributed by atoms with Crippen LogP contribution in [0.3, 0.4) is 0 Å². The Kier molecular flexibility index (Phi) is 5.18. The third kappa shape index (κ3) is 4.11. The van der Waals surface area contributed by atoms with Crippen LogP contribution in [0.25, 0.3) is 0 Å². The molecule has 3 heterocycles. The Labute approximate surface area is 162 Å². The van der Waals surface area contributed by atoms with Gasteiger partial charge in [0.15, 0.2) is 11.5 Å². The standard InChI is InChI=1S/C20H21N5O3/c26-19(17-14-25(23-22-17)13-15-5-2-1-3-6-15)21-16-8-10-24(11-9-16)20(27)18-7-4-12-28-18/h1-7,12,14,16H,8-11,13H2,(H,21,26). The van der Waals surface area contributed by atoms with Gasteiger partial charge in [0.2, 0.25) is 0 Å². The van der Waals surface area contributed by atoms with E-state index in [0.717, 1.165) is 5.56 Å². The molecule has 1 saturated heterocycles. The first-order chi connectivity index (χ1) is 13.7. The van der Waals surface area contributed by atoms with Crippen molar-refractivity contribution < 1.29 is 14.0 Å². The van der Waals surface area contributed by atoms with Crippen molar-refractivity contribution in [3.8, 4) is 0 Å². The van der Waals surface area contributed by atoms with E-state index < -0.39 is 0 Å². The van der Waals surface area contributed by atoms with Gasteiger partial charge in [0.1, 0.15) is 0 Å². The van der Waals surface area contributed by atoms with Gasteiger partial charge in [0.25, 0.3) is 11.8 Å². The molecule has 0 spiro atoms. The molecule has 1 aromatic carbocycles. The summed E-state index contributed by atoms with van der Waals surface area (Å²) in [6.45, 7) is 1.71. The molecule has 0 aliphatic carbocycles. The van der Waals surface area contributed by atoms with Gasteiger partial charge < -0.3 is 14.6 Å². The molecule has 1 N–H and O–H groups in total. The van der Waals surface area contributed by atoms with Gasteiger partial charge in [-0.1, -0.05) is 35.5 Å². The normalized spacial score (nSPS) is 14.8. The van der Waals surface area contributed by atoms with Crippen LogP contribution in [0.15, 0.2) is 59.3 Å². The van der Waals surface area contributed by atoms with E-state index in [1.165, 1.54) is 6.26 Å². The van der Waals surface area contributed by atoms with E-state index in [1.807, 2.05) is 30.3 Å². The van der Waals surface area contributed by atoms with Gasteiger partial charge in [-0.3, -0.25) is 9.59 Å². The fourth-order valence-corrected chi connectivity index (χ4v) is 3.29. The van der Waals surface area contributed by atoms with Gasteiger partial charge in [0, 0.05) is 19.1 Å². The van der Waals surface area contributed by atoms with Crippen molar-refractivity contribution in [2.24, 2.45) is 0 Å². The molecule has 8 nitrogen and oxygen atoms in total. The molecule has 0 radical (unpaired) electrons. The number of nitrogens with one attached hydrogen (secondary N) is 1. The van der Waals surface area contributed by atoms with Crippen LogP contribution < -0.4 is 5.32 Å². The third-order valence-corrected chi connectivity index (χ3v) is 4.81. The van der Waals surface area contributed by atoms with Crippen LogP contribution in [0.2, 0.25) is 0 Å². The fourth-order valence-electron chi connectivity index (χ4n) is 3.29. The van der Waals surface area contributed by atoms with Crippen molar-refractivity contribution in [3.05, 3.63) is 71.9 Å². The molecular formula is C20H21N5O3. The zero-order valence-electron chi connectivity index (χ0n) is 15.3. The minimum Gasteiger partial charge on any atom is -0.459 e. The second kappa shape index (κ2) is 8.08. The Hall–Kier alpha value is -3.42. The summed E-state index contributed by atoms with van der Waals surface area (Å²) in [5.74, 6) is -0.00808. The van der Waals surface area contributed by atoms with Crippen LogP contribution in [-0.2, 0) is 6.54 Å². The maximum absolute atomic E-state index is 12.5. The second-order valence-corrected chi connectivity index (χ2v) is 6.80. The van der Waals surface area contributed by atoms with Crippen molar-refractivity contribution in [3.63, 3.8) is 0 Å². The Balaban J connectivity index is 1.28. The Morgan fingerprint density at radius 1 is 1.11 bits per heavy atom. The van der Waals surface area contributed by atoms with Crippen molar-refractivity contribution >= 4 is 11.8 Å². The number of carbonyl (C=O) groups is 2. The number of carbonyl (C=O) groups excluding carboxylic acids is 2. The minimum atomic E-state index is -0.241. The maximum atomic E-state index is 12.5. The van der Waals surface area contributed by atoms with Crippen molar-refractivity contribution in [1.29, 1.82) is 0 Å². The van der Waals surface area contributed by atoms with Gasteiger partial charge in [-0.2, -0.15) is 0 Å². The molecular weight excluding hydrogens is 358 g/mol. The first-order valence-corrected chi connectivity index (χ1v) is 9.27. The Morgan fingerprint density at radius 2 is 1.89 bits per heavy atom. The molecule has 1 aliphatic rings. The molecule has 2 aromatic heterocycles. The summed E-state index contributed by atoms with van der Waals surface area (Å²) < 4.78 is 6.81. The molecule has 0 saturated carbocycles. The van der Waals surface area contributed by atoms with Gasteiger partial charge in [-0.25, -0.2) is 4.68 Å². The van der Waals surface area contributed by atoms with E-state index in [-0.39, 0.29) is 17.9 Å². The number of furan rings is 1. The summed E-state index contributed by atoms with van der Waals surface area (Å²) in [7, 11) is 0. The minimum absolute atomic E-state index is 0.00687. The molecule has 28 heavy (non-hydrogen) atoms. The average molecular weight is 379 g/mol. The highest BCUT2D eigenvalue weighted by atomic mass is 16.3. The molecule has 8 heteroatoms. The molecule has 4 rings (SSSR count). The zero-order chi connectivity index (χ0) is 19.3. The highest BCUT2D eigenvalue weighted by molar-refractivity contribution is 5.92. The van der Waals surface area contributed by atoms with Crippen LogP contribution in [0.5, 0.6) is 0 Å². The number of likely N-dealkylation sites (tertiary alicyclic amines) is 1. The maximum Gasteiger partial charge on any atom is 0.289 e. The molecule has 1 aliphatic heterocycles. The van der Waals surface area contributed by atoms with Crippen LogP contribution >= 0.6 is 0 Å². The van der Waals surface area contributed by atoms with Crippen molar-refractivity contribution in [1.82, 2.24) is 25.2 Å². The number of hydrogen-bond donors (Lipinski definition) is 1. The van der Waals surface area contributed by atoms with Gasteiger partial charge in [0.05, 0.1) is 19.0 Å². The second-order valence-electron chi connectivity index (χ2n) is 6.80. The van der Waals surface area contributed by atoms with E-state index in [2.05, 4.69) is 15.6 Å². The molecule has 0 bridgehead atoms. The smallest absolute Gasteiger partial charge is 0.289 e. The number of rotatable bonds is 5.